The van der Waals surface area contributed by atoms with E-state index in [-0.39, 0.29) is 0 Å². The van der Waals surface area contributed by atoms with Crippen molar-refractivity contribution < 1.29 is 9.47 Å². The van der Waals surface area contributed by atoms with Gasteiger partial charge in [-0.05, 0) is 19.1 Å². The number of methoxy groups -OCH3 is 2. The molecule has 0 atom stereocenters. The van der Waals surface area contributed by atoms with Crippen molar-refractivity contribution in [3.05, 3.63) is 23.9 Å². The molecule has 0 radical (unpaired) electrons. The molecular formula is C13H17N3O2. The van der Waals surface area contributed by atoms with E-state index in [0.717, 1.165) is 28.3 Å². The van der Waals surface area contributed by atoms with E-state index < -0.39 is 0 Å². The summed E-state index contributed by atoms with van der Waals surface area (Å²) in [4.78, 5) is 0. The molecule has 0 bridgehead atoms. The van der Waals surface area contributed by atoms with E-state index in [1.807, 2.05) is 32.2 Å². The second-order valence-corrected chi connectivity index (χ2v) is 4.04. The summed E-state index contributed by atoms with van der Waals surface area (Å²) in [6.07, 6.45) is 0. The Bertz CT molecular complexity index is 576. The molecule has 0 saturated carbocycles. The number of anilines is 1. The van der Waals surface area contributed by atoms with Gasteiger partial charge in [-0.25, -0.2) is 0 Å². The van der Waals surface area contributed by atoms with Crippen molar-refractivity contribution in [1.29, 1.82) is 0 Å². The summed E-state index contributed by atoms with van der Waals surface area (Å²) in [6, 6.07) is 5.64. The molecule has 2 N–H and O–H groups in total. The van der Waals surface area contributed by atoms with E-state index in [0.29, 0.717) is 5.82 Å². The minimum absolute atomic E-state index is 0.499. The number of nitrogen functional groups attached to an aromatic ring is 1. The van der Waals surface area contributed by atoms with Gasteiger partial charge in [0, 0.05) is 24.4 Å². The van der Waals surface area contributed by atoms with E-state index in [9.17, 15) is 0 Å². The van der Waals surface area contributed by atoms with E-state index in [2.05, 4.69) is 5.10 Å². The Morgan fingerprint density at radius 3 is 2.44 bits per heavy atom. The van der Waals surface area contributed by atoms with Crippen LogP contribution in [0.2, 0.25) is 0 Å². The molecule has 0 saturated heterocycles. The van der Waals surface area contributed by atoms with Gasteiger partial charge in [0.15, 0.2) is 5.82 Å². The minimum atomic E-state index is 0.499. The number of aryl methyl sites for hydroxylation is 1. The minimum Gasteiger partial charge on any atom is -0.497 e. The smallest absolute Gasteiger partial charge is 0.153 e. The summed E-state index contributed by atoms with van der Waals surface area (Å²) in [5.74, 6) is 1.96. The molecular weight excluding hydrogens is 230 g/mol. The van der Waals surface area contributed by atoms with Crippen LogP contribution in [0.25, 0.3) is 11.1 Å². The zero-order valence-corrected chi connectivity index (χ0v) is 11.0. The fourth-order valence-electron chi connectivity index (χ4n) is 1.97. The van der Waals surface area contributed by atoms with Gasteiger partial charge in [0.2, 0.25) is 0 Å². The molecule has 1 aromatic carbocycles. The summed E-state index contributed by atoms with van der Waals surface area (Å²) < 4.78 is 12.3. The van der Waals surface area contributed by atoms with Crippen LogP contribution in [0.4, 0.5) is 5.82 Å². The highest BCUT2D eigenvalue weighted by atomic mass is 16.5. The van der Waals surface area contributed by atoms with Crippen LogP contribution < -0.4 is 15.2 Å². The predicted octanol–water partition coefficient (Wildman–Crippen LogP) is 1.99. The second kappa shape index (κ2) is 4.60. The Hall–Kier alpha value is -2.17. The Kier molecular flexibility index (Phi) is 3.14. The number of nitrogens with zero attached hydrogens (tertiary/aromatic N) is 2. The summed E-state index contributed by atoms with van der Waals surface area (Å²) >= 11 is 0. The van der Waals surface area contributed by atoms with Gasteiger partial charge in [0.25, 0.3) is 0 Å². The number of aromatic nitrogens is 2. The van der Waals surface area contributed by atoms with E-state index >= 15 is 0 Å². The molecule has 0 unspecified atom stereocenters. The van der Waals surface area contributed by atoms with Gasteiger partial charge >= 0.3 is 0 Å². The summed E-state index contributed by atoms with van der Waals surface area (Å²) in [5.41, 5.74) is 8.76. The normalized spacial score (nSPS) is 10.4. The molecule has 96 valence electrons. The van der Waals surface area contributed by atoms with Gasteiger partial charge in [-0.3, -0.25) is 4.68 Å². The summed E-state index contributed by atoms with van der Waals surface area (Å²) in [7, 11) is 5.11. The van der Waals surface area contributed by atoms with Crippen LogP contribution in [-0.2, 0) is 7.05 Å². The van der Waals surface area contributed by atoms with Crippen molar-refractivity contribution in [2.24, 2.45) is 7.05 Å². The monoisotopic (exact) mass is 247 g/mol. The predicted molar refractivity (Wildman–Crippen MR) is 70.9 cm³/mol. The van der Waals surface area contributed by atoms with Crippen LogP contribution in [-0.4, -0.2) is 24.0 Å². The first kappa shape index (κ1) is 12.3. The van der Waals surface area contributed by atoms with Gasteiger partial charge in [0.05, 0.1) is 19.8 Å². The maximum Gasteiger partial charge on any atom is 0.153 e. The Labute approximate surface area is 106 Å². The molecule has 1 aromatic heterocycles. The third kappa shape index (κ3) is 1.88. The fourth-order valence-corrected chi connectivity index (χ4v) is 1.97. The standard InChI is InChI=1S/C13H17N3O2/c1-8-12(13(14)15-16(8)2)10-6-5-9(17-3)7-11(10)18-4/h5-7H,1-4H3,(H2,14,15). The zero-order chi connectivity index (χ0) is 13.3. The number of nitrogens with two attached hydrogens (primary N) is 1. The largest absolute Gasteiger partial charge is 0.497 e. The topological polar surface area (TPSA) is 62.3 Å². The molecule has 5 heteroatoms. The first-order chi connectivity index (χ1) is 8.58. The average molecular weight is 247 g/mol. The zero-order valence-electron chi connectivity index (χ0n) is 11.0. The number of benzene rings is 1. The molecule has 0 fully saturated rings. The Morgan fingerprint density at radius 1 is 1.22 bits per heavy atom. The number of ether oxygens (including phenoxy) is 2. The fraction of sp³-hybridized carbons (Fsp3) is 0.308. The highest BCUT2D eigenvalue weighted by Crippen LogP contribution is 2.37. The highest BCUT2D eigenvalue weighted by molar-refractivity contribution is 5.81. The molecule has 0 aliphatic carbocycles. The molecule has 0 amide bonds. The molecule has 0 spiro atoms. The highest BCUT2D eigenvalue weighted by Gasteiger charge is 2.16. The quantitative estimate of drug-likeness (QED) is 0.901. The summed E-state index contributed by atoms with van der Waals surface area (Å²) in [5, 5.41) is 4.21. The van der Waals surface area contributed by atoms with Crippen molar-refractivity contribution in [1.82, 2.24) is 9.78 Å². The van der Waals surface area contributed by atoms with Gasteiger partial charge in [0.1, 0.15) is 11.5 Å². The van der Waals surface area contributed by atoms with Crippen LogP contribution in [0.5, 0.6) is 11.5 Å². The van der Waals surface area contributed by atoms with Gasteiger partial charge < -0.3 is 15.2 Å². The first-order valence-electron chi connectivity index (χ1n) is 5.60. The molecule has 2 aromatic rings. The van der Waals surface area contributed by atoms with Crippen LogP contribution in [0.3, 0.4) is 0 Å². The number of rotatable bonds is 3. The molecule has 5 nitrogen and oxygen atoms in total. The van der Waals surface area contributed by atoms with E-state index in [1.165, 1.54) is 0 Å². The van der Waals surface area contributed by atoms with Crippen molar-refractivity contribution in [2.75, 3.05) is 20.0 Å². The molecule has 0 aliphatic rings. The lowest BCUT2D eigenvalue weighted by molar-refractivity contribution is 0.395. The van der Waals surface area contributed by atoms with E-state index in [4.69, 9.17) is 15.2 Å². The van der Waals surface area contributed by atoms with Crippen molar-refractivity contribution in [2.45, 2.75) is 6.92 Å². The van der Waals surface area contributed by atoms with Crippen LogP contribution in [0, 0.1) is 6.92 Å². The average Bonchev–Trinajstić information content (AvgIpc) is 2.62. The molecule has 18 heavy (non-hydrogen) atoms. The first-order valence-corrected chi connectivity index (χ1v) is 5.60. The third-order valence-corrected chi connectivity index (χ3v) is 3.04. The molecule has 2 rings (SSSR count). The number of hydrogen-bond acceptors (Lipinski definition) is 4. The van der Waals surface area contributed by atoms with Gasteiger partial charge in [-0.1, -0.05) is 0 Å². The maximum atomic E-state index is 5.95. The van der Waals surface area contributed by atoms with Crippen molar-refractivity contribution in [3.8, 4) is 22.6 Å². The SMILES string of the molecule is COc1ccc(-c2c(N)nn(C)c2C)c(OC)c1. The Morgan fingerprint density at radius 2 is 1.94 bits per heavy atom. The maximum absolute atomic E-state index is 5.95. The molecule has 0 aliphatic heterocycles. The van der Waals surface area contributed by atoms with Crippen LogP contribution in [0.15, 0.2) is 18.2 Å². The molecule has 1 heterocycles. The number of hydrogen-bond donors (Lipinski definition) is 1. The van der Waals surface area contributed by atoms with Crippen LogP contribution >= 0.6 is 0 Å². The van der Waals surface area contributed by atoms with Gasteiger partial charge in [-0.15, -0.1) is 0 Å². The lowest BCUT2D eigenvalue weighted by Gasteiger charge is -2.10. The second-order valence-electron chi connectivity index (χ2n) is 4.04. The van der Waals surface area contributed by atoms with Gasteiger partial charge in [-0.2, -0.15) is 5.10 Å². The lowest BCUT2D eigenvalue weighted by Crippen LogP contribution is -1.94. The van der Waals surface area contributed by atoms with Crippen molar-refractivity contribution in [3.63, 3.8) is 0 Å². The third-order valence-electron chi connectivity index (χ3n) is 3.04. The van der Waals surface area contributed by atoms with Crippen LogP contribution in [0.1, 0.15) is 5.69 Å². The summed E-state index contributed by atoms with van der Waals surface area (Å²) in [6.45, 7) is 1.97. The van der Waals surface area contributed by atoms with Crippen molar-refractivity contribution >= 4 is 5.82 Å². The van der Waals surface area contributed by atoms with E-state index in [1.54, 1.807) is 18.9 Å². The Balaban J connectivity index is 2.63. The lowest BCUT2D eigenvalue weighted by atomic mass is 10.0.